The van der Waals surface area contributed by atoms with Crippen molar-refractivity contribution >= 4 is 18.3 Å². The van der Waals surface area contributed by atoms with Gasteiger partial charge < -0.3 is 19.9 Å². The minimum absolute atomic E-state index is 0. The van der Waals surface area contributed by atoms with Crippen LogP contribution >= 0.6 is 12.4 Å². The van der Waals surface area contributed by atoms with Crippen LogP contribution in [0.4, 0.5) is 0 Å². The number of aromatic nitrogens is 2. The van der Waals surface area contributed by atoms with Gasteiger partial charge in [0.05, 0.1) is 0 Å². The van der Waals surface area contributed by atoms with Gasteiger partial charge >= 0.3 is 0 Å². The summed E-state index contributed by atoms with van der Waals surface area (Å²) in [5, 5.41) is 10.3. The van der Waals surface area contributed by atoms with Crippen LogP contribution in [-0.4, -0.2) is 35.2 Å². The third-order valence-corrected chi connectivity index (χ3v) is 4.44. The van der Waals surface area contributed by atoms with E-state index in [9.17, 15) is 4.79 Å². The molecule has 2 unspecified atom stereocenters. The lowest BCUT2D eigenvalue weighted by molar-refractivity contribution is 0.0915. The highest BCUT2D eigenvalue weighted by molar-refractivity contribution is 5.94. The fourth-order valence-electron chi connectivity index (χ4n) is 2.78. The second-order valence-corrected chi connectivity index (χ2v) is 6.32. The Kier molecular flexibility index (Phi) is 7.41. The van der Waals surface area contributed by atoms with Gasteiger partial charge in [-0.15, -0.1) is 12.4 Å². The number of hydrogen-bond acceptors (Lipinski definition) is 6. The first-order chi connectivity index (χ1) is 12.2. The van der Waals surface area contributed by atoms with E-state index in [-0.39, 0.29) is 31.0 Å². The number of aryl methyl sites for hydroxylation is 1. The maximum absolute atomic E-state index is 12.4. The number of ether oxygens (including phenoxy) is 1. The minimum atomic E-state index is -0.0575. The molecule has 0 spiro atoms. The average Bonchev–Trinajstić information content (AvgIpc) is 3.10. The molecule has 1 fully saturated rings. The molecule has 1 aliphatic rings. The molecule has 7 nitrogen and oxygen atoms in total. The van der Waals surface area contributed by atoms with E-state index in [0.29, 0.717) is 35.4 Å². The molecule has 0 bridgehead atoms. The normalized spacial score (nSPS) is 19.5. The lowest BCUT2D eigenvalue weighted by Gasteiger charge is -2.30. The molecule has 1 aromatic heterocycles. The average molecular weight is 381 g/mol. The van der Waals surface area contributed by atoms with Crippen molar-refractivity contribution in [3.8, 4) is 5.75 Å². The summed E-state index contributed by atoms with van der Waals surface area (Å²) in [7, 11) is 0. The number of nitrogens with zero attached hydrogens (tertiary/aromatic N) is 2. The molecule has 3 rings (SSSR count). The molecule has 1 saturated heterocycles. The van der Waals surface area contributed by atoms with Gasteiger partial charge in [0.15, 0.2) is 6.61 Å². The molecule has 2 atom stereocenters. The van der Waals surface area contributed by atoms with E-state index in [1.165, 1.54) is 0 Å². The van der Waals surface area contributed by atoms with Crippen LogP contribution in [0.25, 0.3) is 0 Å². The van der Waals surface area contributed by atoms with Crippen molar-refractivity contribution in [3.05, 3.63) is 41.5 Å². The van der Waals surface area contributed by atoms with E-state index in [0.717, 1.165) is 19.5 Å². The lowest BCUT2D eigenvalue weighted by atomic mass is 9.94. The molecule has 0 saturated carbocycles. The van der Waals surface area contributed by atoms with Gasteiger partial charge in [-0.05, 0) is 43.1 Å². The SMILES string of the molecule is CCc1nc(COc2ccc(C(=O)NC3CNCCC3C)cc2)no1.Cl. The van der Waals surface area contributed by atoms with Crippen LogP contribution in [0.2, 0.25) is 0 Å². The van der Waals surface area contributed by atoms with Crippen LogP contribution in [0, 0.1) is 5.92 Å². The number of rotatable bonds is 6. The van der Waals surface area contributed by atoms with Gasteiger partial charge in [0.25, 0.3) is 5.91 Å². The van der Waals surface area contributed by atoms with E-state index in [1.54, 1.807) is 24.3 Å². The van der Waals surface area contributed by atoms with Crippen molar-refractivity contribution in [2.75, 3.05) is 13.1 Å². The highest BCUT2D eigenvalue weighted by Gasteiger charge is 2.22. The fraction of sp³-hybridized carbons (Fsp3) is 0.500. The molecule has 26 heavy (non-hydrogen) atoms. The van der Waals surface area contributed by atoms with Crippen LogP contribution in [0.1, 0.15) is 42.3 Å². The zero-order valence-corrected chi connectivity index (χ0v) is 15.8. The molecule has 2 N–H and O–H groups in total. The Bertz CT molecular complexity index is 705. The van der Waals surface area contributed by atoms with Crippen LogP contribution in [0.5, 0.6) is 5.75 Å². The lowest BCUT2D eigenvalue weighted by Crippen LogP contribution is -2.50. The van der Waals surface area contributed by atoms with Gasteiger partial charge in [0, 0.05) is 24.6 Å². The Balaban J connectivity index is 0.00000243. The van der Waals surface area contributed by atoms with Crippen LogP contribution in [-0.2, 0) is 13.0 Å². The number of halogens is 1. The van der Waals surface area contributed by atoms with E-state index in [1.807, 2.05) is 6.92 Å². The van der Waals surface area contributed by atoms with Gasteiger partial charge in [-0.3, -0.25) is 4.79 Å². The number of benzene rings is 1. The number of piperidine rings is 1. The molecule has 2 aromatic rings. The Morgan fingerprint density at radius 3 is 2.81 bits per heavy atom. The molecule has 1 aromatic carbocycles. The molecule has 1 amide bonds. The standard InChI is InChI=1S/C18H24N4O3.ClH/c1-3-17-21-16(22-25-17)11-24-14-6-4-13(5-7-14)18(23)20-15-10-19-9-8-12(15)2;/h4-7,12,15,19H,3,8-11H2,1-2H3,(H,20,23);1H. The van der Waals surface area contributed by atoms with Gasteiger partial charge in [-0.25, -0.2) is 0 Å². The fourth-order valence-corrected chi connectivity index (χ4v) is 2.78. The Hall–Kier alpha value is -2.12. The summed E-state index contributed by atoms with van der Waals surface area (Å²) >= 11 is 0. The predicted molar refractivity (Wildman–Crippen MR) is 99.6 cm³/mol. The zero-order chi connectivity index (χ0) is 17.6. The highest BCUT2D eigenvalue weighted by atomic mass is 35.5. The summed E-state index contributed by atoms with van der Waals surface area (Å²) in [6.45, 7) is 6.19. The maximum atomic E-state index is 12.4. The molecule has 142 valence electrons. The summed E-state index contributed by atoms with van der Waals surface area (Å²) in [6, 6.07) is 7.25. The summed E-state index contributed by atoms with van der Waals surface area (Å²) in [5.74, 6) is 2.19. The largest absolute Gasteiger partial charge is 0.485 e. The monoisotopic (exact) mass is 380 g/mol. The van der Waals surface area contributed by atoms with Crippen molar-refractivity contribution in [3.63, 3.8) is 0 Å². The first kappa shape index (κ1) is 20.2. The molecular weight excluding hydrogens is 356 g/mol. The summed E-state index contributed by atoms with van der Waals surface area (Å²) < 4.78 is 10.7. The van der Waals surface area contributed by atoms with Gasteiger partial charge in [0.2, 0.25) is 11.7 Å². The highest BCUT2D eigenvalue weighted by Crippen LogP contribution is 2.15. The molecular formula is C18H25ClN4O3. The quantitative estimate of drug-likeness (QED) is 0.799. The molecule has 1 aliphatic heterocycles. The topological polar surface area (TPSA) is 89.3 Å². The smallest absolute Gasteiger partial charge is 0.251 e. The predicted octanol–water partition coefficient (Wildman–Crippen LogP) is 2.36. The van der Waals surface area contributed by atoms with Gasteiger partial charge in [-0.2, -0.15) is 4.98 Å². The van der Waals surface area contributed by atoms with E-state index in [2.05, 4.69) is 27.7 Å². The van der Waals surface area contributed by atoms with Crippen LogP contribution < -0.4 is 15.4 Å². The Morgan fingerprint density at radius 1 is 1.38 bits per heavy atom. The number of carbonyl (C=O) groups excluding carboxylic acids is 1. The Morgan fingerprint density at radius 2 is 2.15 bits per heavy atom. The first-order valence-electron chi connectivity index (χ1n) is 8.71. The Labute approximate surface area is 159 Å². The van der Waals surface area contributed by atoms with Crippen molar-refractivity contribution in [1.29, 1.82) is 0 Å². The molecule has 8 heteroatoms. The number of hydrogen-bond donors (Lipinski definition) is 2. The van der Waals surface area contributed by atoms with E-state index >= 15 is 0 Å². The van der Waals surface area contributed by atoms with Gasteiger partial charge in [0.1, 0.15) is 5.75 Å². The number of nitrogens with one attached hydrogen (secondary N) is 2. The summed E-state index contributed by atoms with van der Waals surface area (Å²) in [6.07, 6.45) is 1.78. The number of carbonyl (C=O) groups is 1. The van der Waals surface area contributed by atoms with Gasteiger partial charge in [-0.1, -0.05) is 19.0 Å². The van der Waals surface area contributed by atoms with Crippen LogP contribution in [0.15, 0.2) is 28.8 Å². The van der Waals surface area contributed by atoms with E-state index < -0.39 is 0 Å². The van der Waals surface area contributed by atoms with Crippen molar-refractivity contribution in [2.24, 2.45) is 5.92 Å². The molecule has 2 heterocycles. The maximum Gasteiger partial charge on any atom is 0.251 e. The van der Waals surface area contributed by atoms with Crippen molar-refractivity contribution in [2.45, 2.75) is 39.3 Å². The summed E-state index contributed by atoms with van der Waals surface area (Å²) in [5.41, 5.74) is 0.623. The second kappa shape index (κ2) is 9.54. The van der Waals surface area contributed by atoms with Crippen molar-refractivity contribution in [1.82, 2.24) is 20.8 Å². The van der Waals surface area contributed by atoms with E-state index in [4.69, 9.17) is 9.26 Å². The zero-order valence-electron chi connectivity index (χ0n) is 15.0. The first-order valence-corrected chi connectivity index (χ1v) is 8.71. The third-order valence-electron chi connectivity index (χ3n) is 4.44. The summed E-state index contributed by atoms with van der Waals surface area (Å²) in [4.78, 5) is 16.6. The van der Waals surface area contributed by atoms with Crippen LogP contribution in [0.3, 0.4) is 0 Å². The third kappa shape index (κ3) is 5.19. The van der Waals surface area contributed by atoms with Crippen molar-refractivity contribution < 1.29 is 14.1 Å². The molecule has 0 radical (unpaired) electrons. The molecule has 0 aliphatic carbocycles. The minimum Gasteiger partial charge on any atom is -0.485 e. The second-order valence-electron chi connectivity index (χ2n) is 6.32. The number of amides is 1.